The highest BCUT2D eigenvalue weighted by molar-refractivity contribution is 5.79. The van der Waals surface area contributed by atoms with Gasteiger partial charge in [0, 0.05) is 30.9 Å². The van der Waals surface area contributed by atoms with E-state index in [0.717, 1.165) is 42.9 Å². The van der Waals surface area contributed by atoms with E-state index < -0.39 is 0 Å². The van der Waals surface area contributed by atoms with E-state index in [1.54, 1.807) is 6.33 Å². The Hall–Kier alpha value is -2.43. The van der Waals surface area contributed by atoms with Gasteiger partial charge >= 0.3 is 0 Å². The van der Waals surface area contributed by atoms with Gasteiger partial charge in [0.25, 0.3) is 0 Å². The fraction of sp³-hybridized carbons (Fsp3) is 0.476. The summed E-state index contributed by atoms with van der Waals surface area (Å²) in [5.41, 5.74) is 3.76. The third kappa shape index (κ3) is 3.43. The zero-order chi connectivity index (χ0) is 18.1. The van der Waals surface area contributed by atoms with Crippen molar-refractivity contribution in [2.24, 2.45) is 5.41 Å². The van der Waals surface area contributed by atoms with E-state index in [4.69, 9.17) is 0 Å². The Morgan fingerprint density at radius 3 is 2.96 bits per heavy atom. The zero-order valence-corrected chi connectivity index (χ0v) is 15.5. The molecule has 0 bridgehead atoms. The van der Waals surface area contributed by atoms with Crippen LogP contribution in [-0.4, -0.2) is 35.0 Å². The van der Waals surface area contributed by atoms with Gasteiger partial charge in [0.1, 0.15) is 12.1 Å². The van der Waals surface area contributed by atoms with Crippen LogP contribution in [0.1, 0.15) is 36.0 Å². The second kappa shape index (κ2) is 6.71. The minimum atomic E-state index is 0.136. The number of nitrogens with one attached hydrogen (secondary N) is 1. The Kier molecular flexibility index (Phi) is 4.39. The molecule has 1 spiro atoms. The molecule has 0 unspecified atom stereocenters. The number of hydrogen-bond donors (Lipinski definition) is 1. The minimum absolute atomic E-state index is 0.136. The highest BCUT2D eigenvalue weighted by atomic mass is 16.1. The number of rotatable bonds is 4. The normalized spacial score (nSPS) is 24.5. The monoisotopic (exact) mass is 350 g/mol. The molecule has 1 aromatic heterocycles. The van der Waals surface area contributed by atoms with Crippen LogP contribution in [0.5, 0.6) is 0 Å². The molecule has 0 atom stereocenters. The first kappa shape index (κ1) is 17.0. The third-order valence-corrected chi connectivity index (χ3v) is 5.78. The minimum Gasteiger partial charge on any atom is -0.356 e. The maximum atomic E-state index is 12.3. The summed E-state index contributed by atoms with van der Waals surface area (Å²) in [7, 11) is 0. The van der Waals surface area contributed by atoms with E-state index in [-0.39, 0.29) is 5.91 Å². The SMILES string of the molecule is Cc1cccc(CC(=O)NC2CC3(CCN(c4ncncc4C)C3)C2)c1. The maximum absolute atomic E-state index is 12.3. The van der Waals surface area contributed by atoms with Crippen molar-refractivity contribution in [1.29, 1.82) is 0 Å². The fourth-order valence-electron chi connectivity index (χ4n) is 4.55. The molecule has 1 saturated carbocycles. The van der Waals surface area contributed by atoms with Gasteiger partial charge in [0.05, 0.1) is 6.42 Å². The van der Waals surface area contributed by atoms with E-state index in [2.05, 4.69) is 46.2 Å². The zero-order valence-electron chi connectivity index (χ0n) is 15.5. The Balaban J connectivity index is 1.29. The summed E-state index contributed by atoms with van der Waals surface area (Å²) in [6.07, 6.45) is 7.31. The lowest BCUT2D eigenvalue weighted by Gasteiger charge is -2.45. The van der Waals surface area contributed by atoms with Crippen LogP contribution in [0.3, 0.4) is 0 Å². The average molecular weight is 350 g/mol. The lowest BCUT2D eigenvalue weighted by molar-refractivity contribution is -0.122. The van der Waals surface area contributed by atoms with E-state index in [1.165, 1.54) is 12.0 Å². The predicted octanol–water partition coefficient (Wildman–Crippen LogP) is 2.81. The smallest absolute Gasteiger partial charge is 0.224 e. The van der Waals surface area contributed by atoms with Gasteiger partial charge in [-0.05, 0) is 44.1 Å². The molecule has 1 aliphatic heterocycles. The molecule has 0 radical (unpaired) electrons. The summed E-state index contributed by atoms with van der Waals surface area (Å²) in [5, 5.41) is 3.22. The molecule has 5 nitrogen and oxygen atoms in total. The summed E-state index contributed by atoms with van der Waals surface area (Å²) in [4.78, 5) is 23.2. The molecule has 2 aromatic rings. The number of carbonyl (C=O) groups is 1. The Morgan fingerprint density at radius 2 is 2.19 bits per heavy atom. The summed E-state index contributed by atoms with van der Waals surface area (Å²) in [5.74, 6) is 1.20. The van der Waals surface area contributed by atoms with Crippen LogP contribution in [0, 0.1) is 19.3 Å². The number of benzene rings is 1. The van der Waals surface area contributed by atoms with Crippen LogP contribution in [0.2, 0.25) is 0 Å². The van der Waals surface area contributed by atoms with Crippen LogP contribution in [0.25, 0.3) is 0 Å². The molecular weight excluding hydrogens is 324 g/mol. The molecule has 26 heavy (non-hydrogen) atoms. The number of carbonyl (C=O) groups excluding carboxylic acids is 1. The lowest BCUT2D eigenvalue weighted by Crippen LogP contribution is -2.52. The van der Waals surface area contributed by atoms with Crippen molar-refractivity contribution in [3.8, 4) is 0 Å². The number of aryl methyl sites for hydroxylation is 2. The Bertz CT molecular complexity index is 813. The van der Waals surface area contributed by atoms with Gasteiger partial charge in [-0.1, -0.05) is 29.8 Å². The van der Waals surface area contributed by atoms with Crippen molar-refractivity contribution in [2.45, 2.75) is 45.6 Å². The van der Waals surface area contributed by atoms with Gasteiger partial charge in [-0.2, -0.15) is 0 Å². The first-order chi connectivity index (χ1) is 12.5. The van der Waals surface area contributed by atoms with Crippen molar-refractivity contribution in [1.82, 2.24) is 15.3 Å². The second-order valence-corrected chi connectivity index (χ2v) is 8.04. The van der Waals surface area contributed by atoms with E-state index in [9.17, 15) is 4.79 Å². The molecule has 2 heterocycles. The standard InChI is InChI=1S/C21H26N4O/c1-15-4-3-5-17(8-15)9-19(26)24-18-10-21(11-18)6-7-25(13-21)20-16(2)12-22-14-23-20/h3-5,8,12,14,18H,6-7,9-11,13H2,1-2H3,(H,24,26). The number of aromatic nitrogens is 2. The molecule has 5 heteroatoms. The highest BCUT2D eigenvalue weighted by Crippen LogP contribution is 2.49. The molecule has 1 saturated heterocycles. The molecule has 1 aliphatic carbocycles. The van der Waals surface area contributed by atoms with Crippen LogP contribution in [-0.2, 0) is 11.2 Å². The predicted molar refractivity (Wildman–Crippen MR) is 102 cm³/mol. The van der Waals surface area contributed by atoms with Gasteiger partial charge < -0.3 is 10.2 Å². The molecule has 1 N–H and O–H groups in total. The van der Waals surface area contributed by atoms with Gasteiger partial charge in [0.2, 0.25) is 5.91 Å². The van der Waals surface area contributed by atoms with Crippen molar-refractivity contribution < 1.29 is 4.79 Å². The molecule has 1 aromatic carbocycles. The molecule has 1 amide bonds. The molecular formula is C21H26N4O. The van der Waals surface area contributed by atoms with E-state index in [1.807, 2.05) is 18.3 Å². The van der Waals surface area contributed by atoms with Crippen molar-refractivity contribution >= 4 is 11.7 Å². The summed E-state index contributed by atoms with van der Waals surface area (Å²) in [6, 6.07) is 8.49. The third-order valence-electron chi connectivity index (χ3n) is 5.78. The van der Waals surface area contributed by atoms with Gasteiger partial charge in [-0.25, -0.2) is 9.97 Å². The second-order valence-electron chi connectivity index (χ2n) is 8.04. The molecule has 4 rings (SSSR count). The van der Waals surface area contributed by atoms with E-state index >= 15 is 0 Å². The first-order valence-corrected chi connectivity index (χ1v) is 9.39. The quantitative estimate of drug-likeness (QED) is 0.921. The topological polar surface area (TPSA) is 58.1 Å². The van der Waals surface area contributed by atoms with Gasteiger partial charge in [-0.3, -0.25) is 4.79 Å². The Labute approximate surface area is 154 Å². The van der Waals surface area contributed by atoms with E-state index in [0.29, 0.717) is 17.9 Å². The summed E-state index contributed by atoms with van der Waals surface area (Å²) in [6.45, 7) is 6.20. The van der Waals surface area contributed by atoms with Crippen LogP contribution >= 0.6 is 0 Å². The number of anilines is 1. The average Bonchev–Trinajstić information content (AvgIpc) is 3.00. The van der Waals surface area contributed by atoms with Crippen LogP contribution < -0.4 is 10.2 Å². The van der Waals surface area contributed by atoms with Crippen LogP contribution in [0.4, 0.5) is 5.82 Å². The number of amides is 1. The molecule has 2 aliphatic rings. The first-order valence-electron chi connectivity index (χ1n) is 9.39. The molecule has 136 valence electrons. The van der Waals surface area contributed by atoms with Gasteiger partial charge in [-0.15, -0.1) is 0 Å². The maximum Gasteiger partial charge on any atom is 0.224 e. The van der Waals surface area contributed by atoms with Crippen LogP contribution in [0.15, 0.2) is 36.8 Å². The highest BCUT2D eigenvalue weighted by Gasteiger charge is 2.49. The number of hydrogen-bond acceptors (Lipinski definition) is 4. The summed E-state index contributed by atoms with van der Waals surface area (Å²) < 4.78 is 0. The Morgan fingerprint density at radius 1 is 1.35 bits per heavy atom. The largest absolute Gasteiger partial charge is 0.356 e. The lowest BCUT2D eigenvalue weighted by atomic mass is 9.65. The van der Waals surface area contributed by atoms with Crippen molar-refractivity contribution in [2.75, 3.05) is 18.0 Å². The number of nitrogens with zero attached hydrogens (tertiary/aromatic N) is 3. The van der Waals surface area contributed by atoms with Crippen molar-refractivity contribution in [3.05, 3.63) is 53.5 Å². The van der Waals surface area contributed by atoms with Crippen molar-refractivity contribution in [3.63, 3.8) is 0 Å². The fourth-order valence-corrected chi connectivity index (χ4v) is 4.55. The summed E-state index contributed by atoms with van der Waals surface area (Å²) >= 11 is 0. The van der Waals surface area contributed by atoms with Gasteiger partial charge in [0.15, 0.2) is 0 Å². The molecule has 2 fully saturated rings.